The van der Waals surface area contributed by atoms with Crippen LogP contribution in [0.4, 0.5) is 5.69 Å². The Kier molecular flexibility index (Phi) is 7.18. The molecule has 1 aromatic rings. The van der Waals surface area contributed by atoms with Crippen LogP contribution in [0.3, 0.4) is 0 Å². The van der Waals surface area contributed by atoms with Crippen molar-refractivity contribution in [2.45, 2.75) is 56.7 Å². The zero-order valence-electron chi connectivity index (χ0n) is 16.1. The second kappa shape index (κ2) is 9.61. The number of hydrogen-bond acceptors (Lipinski definition) is 4. The smallest absolute Gasteiger partial charge is 0.242 e. The highest BCUT2D eigenvalue weighted by Gasteiger charge is 2.42. The number of aryl methyl sites for hydroxylation is 1. The summed E-state index contributed by atoms with van der Waals surface area (Å²) >= 11 is 7.42. The number of amidine groups is 1. The molecular formula is C21H26ClN3O2S. The van der Waals surface area contributed by atoms with Gasteiger partial charge >= 0.3 is 0 Å². The zero-order chi connectivity index (χ0) is 20.1. The fourth-order valence-electron chi connectivity index (χ4n) is 3.64. The summed E-state index contributed by atoms with van der Waals surface area (Å²) in [6, 6.07) is 5.57. The quantitative estimate of drug-likeness (QED) is 0.674. The molecule has 2 amide bonds. The number of hydrogen-bond donors (Lipinski definition) is 1. The second-order valence-electron chi connectivity index (χ2n) is 7.23. The molecule has 1 aromatic carbocycles. The molecule has 150 valence electrons. The van der Waals surface area contributed by atoms with Crippen LogP contribution in [0.2, 0.25) is 5.02 Å². The van der Waals surface area contributed by atoms with Gasteiger partial charge in [-0.1, -0.05) is 54.8 Å². The first-order valence-electron chi connectivity index (χ1n) is 9.70. The van der Waals surface area contributed by atoms with Crippen LogP contribution in [0.1, 0.15) is 44.1 Å². The van der Waals surface area contributed by atoms with Crippen molar-refractivity contribution in [3.8, 4) is 0 Å². The van der Waals surface area contributed by atoms with E-state index in [4.69, 9.17) is 11.6 Å². The lowest BCUT2D eigenvalue weighted by atomic mass is 9.94. The van der Waals surface area contributed by atoms with Gasteiger partial charge in [-0.25, -0.2) is 0 Å². The molecular weight excluding hydrogens is 394 g/mol. The lowest BCUT2D eigenvalue weighted by Crippen LogP contribution is -2.42. The second-order valence-corrected chi connectivity index (χ2v) is 8.84. The Labute approximate surface area is 175 Å². The van der Waals surface area contributed by atoms with Gasteiger partial charge in [0.15, 0.2) is 5.17 Å². The fraction of sp³-hybridized carbons (Fsp3) is 0.476. The predicted octanol–water partition coefficient (Wildman–Crippen LogP) is 4.80. The van der Waals surface area contributed by atoms with Crippen molar-refractivity contribution in [2.75, 3.05) is 11.9 Å². The molecule has 0 radical (unpaired) electrons. The summed E-state index contributed by atoms with van der Waals surface area (Å²) in [6.07, 6.45) is 7.32. The van der Waals surface area contributed by atoms with Gasteiger partial charge < -0.3 is 5.32 Å². The third-order valence-electron chi connectivity index (χ3n) is 5.11. The van der Waals surface area contributed by atoms with Crippen LogP contribution in [0.15, 0.2) is 35.8 Å². The summed E-state index contributed by atoms with van der Waals surface area (Å²) in [7, 11) is 0. The SMILES string of the molecule is C=CCN=C1S[C@H](CC(=O)Nc2cc(Cl)ccc2C)C(=O)N1C1CCCCC1. The van der Waals surface area contributed by atoms with E-state index >= 15 is 0 Å². The Bertz CT molecular complexity index is 790. The van der Waals surface area contributed by atoms with E-state index < -0.39 is 5.25 Å². The molecule has 0 bridgehead atoms. The summed E-state index contributed by atoms with van der Waals surface area (Å²) in [4.78, 5) is 32.0. The molecule has 2 aliphatic rings. The molecule has 28 heavy (non-hydrogen) atoms. The number of rotatable bonds is 6. The summed E-state index contributed by atoms with van der Waals surface area (Å²) in [5.74, 6) is -0.192. The topological polar surface area (TPSA) is 61.8 Å². The van der Waals surface area contributed by atoms with Gasteiger partial charge in [0.25, 0.3) is 0 Å². The first kappa shape index (κ1) is 20.9. The highest BCUT2D eigenvalue weighted by molar-refractivity contribution is 8.15. The third-order valence-corrected chi connectivity index (χ3v) is 6.53. The minimum absolute atomic E-state index is 0.00215. The van der Waals surface area contributed by atoms with E-state index in [1.165, 1.54) is 18.2 Å². The largest absolute Gasteiger partial charge is 0.326 e. The van der Waals surface area contributed by atoms with Gasteiger partial charge in [0.2, 0.25) is 11.8 Å². The minimum atomic E-state index is -0.440. The maximum atomic E-state index is 13.1. The average molecular weight is 420 g/mol. The van der Waals surface area contributed by atoms with Crippen molar-refractivity contribution < 1.29 is 9.59 Å². The summed E-state index contributed by atoms with van der Waals surface area (Å²) in [5.41, 5.74) is 1.61. The Morgan fingerprint density at radius 2 is 2.14 bits per heavy atom. The van der Waals surface area contributed by atoms with Crippen LogP contribution in [-0.2, 0) is 9.59 Å². The van der Waals surface area contributed by atoms with Crippen LogP contribution in [0.5, 0.6) is 0 Å². The van der Waals surface area contributed by atoms with Crippen molar-refractivity contribution >= 4 is 46.0 Å². The number of anilines is 1. The predicted molar refractivity (Wildman–Crippen MR) is 117 cm³/mol. The number of carbonyl (C=O) groups excluding carboxylic acids is 2. The minimum Gasteiger partial charge on any atom is -0.326 e. The molecule has 0 spiro atoms. The highest BCUT2D eigenvalue weighted by Crippen LogP contribution is 2.35. The fourth-order valence-corrected chi connectivity index (χ4v) is 5.02. The molecule has 1 aliphatic carbocycles. The number of carbonyl (C=O) groups is 2. The van der Waals surface area contributed by atoms with Crippen molar-refractivity contribution in [3.63, 3.8) is 0 Å². The van der Waals surface area contributed by atoms with E-state index in [0.29, 0.717) is 17.3 Å². The van der Waals surface area contributed by atoms with Gasteiger partial charge in [0.05, 0.1) is 6.54 Å². The first-order valence-corrected chi connectivity index (χ1v) is 11.0. The molecule has 0 aromatic heterocycles. The zero-order valence-corrected chi connectivity index (χ0v) is 17.7. The molecule has 0 unspecified atom stereocenters. The first-order chi connectivity index (χ1) is 13.5. The van der Waals surface area contributed by atoms with E-state index in [2.05, 4.69) is 16.9 Å². The maximum absolute atomic E-state index is 13.1. The van der Waals surface area contributed by atoms with Crippen LogP contribution >= 0.6 is 23.4 Å². The van der Waals surface area contributed by atoms with Crippen LogP contribution in [0, 0.1) is 6.92 Å². The lowest BCUT2D eigenvalue weighted by Gasteiger charge is -2.30. The van der Waals surface area contributed by atoms with Crippen molar-refractivity contribution in [1.82, 2.24) is 4.90 Å². The van der Waals surface area contributed by atoms with Gasteiger partial charge in [0, 0.05) is 23.2 Å². The van der Waals surface area contributed by atoms with Gasteiger partial charge in [-0.3, -0.25) is 19.5 Å². The number of thioether (sulfide) groups is 1. The molecule has 1 N–H and O–H groups in total. The molecule has 1 heterocycles. The summed E-state index contributed by atoms with van der Waals surface area (Å²) in [5, 5.41) is 3.74. The third kappa shape index (κ3) is 4.97. The van der Waals surface area contributed by atoms with E-state index in [1.54, 1.807) is 18.2 Å². The Morgan fingerprint density at radius 3 is 2.86 bits per heavy atom. The van der Waals surface area contributed by atoms with Crippen molar-refractivity contribution in [3.05, 3.63) is 41.4 Å². The van der Waals surface area contributed by atoms with Crippen LogP contribution in [0.25, 0.3) is 0 Å². The number of aliphatic imine (C=N–C) groups is 1. The standard InChI is InChI=1S/C21H26ClN3O2S/c1-3-11-23-21-25(16-7-5-4-6-8-16)20(27)18(28-21)13-19(26)24-17-12-15(22)10-9-14(17)2/h3,9-10,12,16,18H,1,4-8,11,13H2,2H3,(H,24,26)/t18-/m1/s1. The molecule has 7 heteroatoms. The maximum Gasteiger partial charge on any atom is 0.242 e. The molecule has 2 fully saturated rings. The number of benzene rings is 1. The number of nitrogens with zero attached hydrogens (tertiary/aromatic N) is 2. The van der Waals surface area contributed by atoms with E-state index in [-0.39, 0.29) is 24.3 Å². The van der Waals surface area contributed by atoms with Crippen molar-refractivity contribution in [1.29, 1.82) is 0 Å². The average Bonchev–Trinajstić information content (AvgIpc) is 2.99. The molecule has 1 saturated carbocycles. The normalized spacial score (nSPS) is 21.9. The molecule has 3 rings (SSSR count). The van der Waals surface area contributed by atoms with Crippen molar-refractivity contribution in [2.24, 2.45) is 4.99 Å². The van der Waals surface area contributed by atoms with Gasteiger partial charge in [-0.15, -0.1) is 6.58 Å². The highest BCUT2D eigenvalue weighted by atomic mass is 35.5. The Hall–Kier alpha value is -1.79. The lowest BCUT2D eigenvalue weighted by molar-refractivity contribution is -0.130. The number of amides is 2. The molecule has 1 aliphatic heterocycles. The van der Waals surface area contributed by atoms with Crippen LogP contribution < -0.4 is 5.32 Å². The Morgan fingerprint density at radius 1 is 1.39 bits per heavy atom. The van der Waals surface area contributed by atoms with E-state index in [9.17, 15) is 9.59 Å². The molecule has 1 atom stereocenters. The summed E-state index contributed by atoms with van der Waals surface area (Å²) < 4.78 is 0. The van der Waals surface area contributed by atoms with E-state index in [0.717, 1.165) is 36.4 Å². The summed E-state index contributed by atoms with van der Waals surface area (Å²) in [6.45, 7) is 6.09. The molecule has 1 saturated heterocycles. The van der Waals surface area contributed by atoms with Crippen LogP contribution in [-0.4, -0.2) is 39.7 Å². The van der Waals surface area contributed by atoms with E-state index in [1.807, 2.05) is 17.9 Å². The van der Waals surface area contributed by atoms with Gasteiger partial charge in [0.1, 0.15) is 5.25 Å². The Balaban J connectivity index is 1.70. The van der Waals surface area contributed by atoms with Gasteiger partial charge in [-0.05, 0) is 37.5 Å². The number of halogens is 1. The molecule has 5 nitrogen and oxygen atoms in total. The number of nitrogens with one attached hydrogen (secondary N) is 1. The van der Waals surface area contributed by atoms with Gasteiger partial charge in [-0.2, -0.15) is 0 Å². The monoisotopic (exact) mass is 419 g/mol.